The van der Waals surface area contributed by atoms with Gasteiger partial charge >= 0.3 is 13.8 Å². The van der Waals surface area contributed by atoms with E-state index in [1.54, 1.807) is 0 Å². The molecule has 0 radical (unpaired) electrons. The molecule has 0 spiro atoms. The van der Waals surface area contributed by atoms with Crippen molar-refractivity contribution in [3.63, 3.8) is 0 Å². The molecule has 0 saturated heterocycles. The quantitative estimate of drug-likeness (QED) is 0.179. The van der Waals surface area contributed by atoms with Crippen LogP contribution < -0.4 is 0 Å². The highest BCUT2D eigenvalue weighted by atomic mass is 31.2. The molecule has 0 aromatic heterocycles. The van der Waals surface area contributed by atoms with E-state index in [1.165, 1.54) is 0 Å². The van der Waals surface area contributed by atoms with E-state index in [9.17, 15) is 9.36 Å². The van der Waals surface area contributed by atoms with Gasteiger partial charge in [-0.05, 0) is 12.8 Å². The summed E-state index contributed by atoms with van der Waals surface area (Å²) in [4.78, 5) is 20.1. The number of carboxylic acid groups (broad SMARTS) is 1. The maximum atomic E-state index is 12.1. The first kappa shape index (κ1) is 22.5. The van der Waals surface area contributed by atoms with Crippen molar-refractivity contribution >= 4 is 13.8 Å². The van der Waals surface area contributed by atoms with Gasteiger partial charge in [-0.2, -0.15) is 0 Å². The molecule has 0 aromatic carbocycles. The molecule has 138 valence electrons. The zero-order valence-corrected chi connectivity index (χ0v) is 14.9. The van der Waals surface area contributed by atoms with E-state index in [2.05, 4.69) is 27.7 Å². The van der Waals surface area contributed by atoms with E-state index in [1.807, 2.05) is 0 Å². The highest BCUT2D eigenvalue weighted by Crippen LogP contribution is 2.49. The summed E-state index contributed by atoms with van der Waals surface area (Å²) in [6.45, 7) is 3.74. The van der Waals surface area contributed by atoms with Crippen molar-refractivity contribution < 1.29 is 38.1 Å². The van der Waals surface area contributed by atoms with Gasteiger partial charge in [-0.1, -0.05) is 52.4 Å². The van der Waals surface area contributed by atoms with E-state index in [4.69, 9.17) is 14.9 Å². The van der Waals surface area contributed by atoms with Crippen molar-refractivity contribution in [2.75, 3.05) is 19.8 Å². The number of carboxylic acids is 1. The average Bonchev–Trinajstić information content (AvgIpc) is 2.52. The molecule has 0 aliphatic rings. The van der Waals surface area contributed by atoms with Gasteiger partial charge in [0, 0.05) is 0 Å². The number of carbonyl (C=O) groups is 1. The molecule has 0 unspecified atom stereocenters. The minimum Gasteiger partial charge on any atom is -0.480 e. The maximum absolute atomic E-state index is 12.1. The third-order valence-corrected chi connectivity index (χ3v) is 3.82. The first-order valence-electron chi connectivity index (χ1n) is 8.13. The van der Waals surface area contributed by atoms with Gasteiger partial charge in [0.05, 0.1) is 13.2 Å². The van der Waals surface area contributed by atoms with Crippen LogP contribution in [0.4, 0.5) is 0 Å². The lowest BCUT2D eigenvalue weighted by molar-refractivity contribution is -0.282. The Morgan fingerprint density at radius 3 is 1.74 bits per heavy atom. The fraction of sp³-hybridized carbons (Fsp3) is 0.929. The monoisotopic (exact) mass is 356 g/mol. The Morgan fingerprint density at radius 1 is 0.870 bits per heavy atom. The SMILES string of the molecule is CCCCCCOOP(=O)(OCC(=O)O)OOCCCCCC. The molecule has 0 aromatic rings. The number of rotatable bonds is 17. The Bertz CT molecular complexity index is 317. The van der Waals surface area contributed by atoms with E-state index in [0.717, 1.165) is 51.4 Å². The van der Waals surface area contributed by atoms with Crippen LogP contribution in [-0.2, 0) is 33.0 Å². The Kier molecular flexibility index (Phi) is 14.7. The van der Waals surface area contributed by atoms with E-state index < -0.39 is 20.4 Å². The van der Waals surface area contributed by atoms with Crippen LogP contribution in [0.3, 0.4) is 0 Å². The second-order valence-electron chi connectivity index (χ2n) is 5.03. The third-order valence-electron chi connectivity index (χ3n) is 2.80. The molecule has 0 fully saturated rings. The zero-order valence-electron chi connectivity index (χ0n) is 14.0. The topological polar surface area (TPSA) is 101 Å². The normalized spacial score (nSPS) is 11.7. The Hall–Kier alpha value is -0.500. The molecule has 8 nitrogen and oxygen atoms in total. The highest BCUT2D eigenvalue weighted by molar-refractivity contribution is 7.48. The Balaban J connectivity index is 4.03. The van der Waals surface area contributed by atoms with Crippen LogP contribution in [0.15, 0.2) is 0 Å². The van der Waals surface area contributed by atoms with Gasteiger partial charge in [-0.25, -0.2) is 19.1 Å². The van der Waals surface area contributed by atoms with Crippen LogP contribution in [0.25, 0.3) is 0 Å². The fourth-order valence-electron chi connectivity index (χ4n) is 1.57. The summed E-state index contributed by atoms with van der Waals surface area (Å²) in [6.07, 6.45) is 7.65. The summed E-state index contributed by atoms with van der Waals surface area (Å²) < 4.78 is 25.9. The van der Waals surface area contributed by atoms with Gasteiger partial charge in [-0.15, -0.1) is 9.35 Å². The average molecular weight is 356 g/mol. The largest absolute Gasteiger partial charge is 0.529 e. The zero-order chi connectivity index (χ0) is 17.4. The molecular formula is C14H29O8P. The molecule has 0 bridgehead atoms. The highest BCUT2D eigenvalue weighted by Gasteiger charge is 2.31. The number of phosphoric acid groups is 1. The van der Waals surface area contributed by atoms with Gasteiger partial charge in [-0.3, -0.25) is 4.52 Å². The minimum atomic E-state index is -4.21. The smallest absolute Gasteiger partial charge is 0.480 e. The Morgan fingerprint density at radius 2 is 1.35 bits per heavy atom. The molecule has 9 heteroatoms. The van der Waals surface area contributed by atoms with Gasteiger partial charge in [0.1, 0.15) is 0 Å². The standard InChI is InChI=1S/C14H29O8P/c1-3-5-7-9-11-18-21-23(17,20-13-14(15)16)22-19-12-10-8-6-4-2/h3-13H2,1-2H3,(H,15,16). The lowest BCUT2D eigenvalue weighted by Crippen LogP contribution is -2.10. The van der Waals surface area contributed by atoms with Crippen molar-refractivity contribution in [3.8, 4) is 0 Å². The lowest BCUT2D eigenvalue weighted by Gasteiger charge is -2.14. The minimum absolute atomic E-state index is 0.209. The van der Waals surface area contributed by atoms with Gasteiger partial charge in [0.2, 0.25) is 0 Å². The number of aliphatic carboxylic acids is 1. The molecule has 0 heterocycles. The number of unbranched alkanes of at least 4 members (excludes halogenated alkanes) is 6. The van der Waals surface area contributed by atoms with Crippen LogP contribution in [0.2, 0.25) is 0 Å². The van der Waals surface area contributed by atoms with Crippen LogP contribution >= 0.6 is 7.82 Å². The summed E-state index contributed by atoms with van der Waals surface area (Å²) in [5.74, 6) is -1.30. The van der Waals surface area contributed by atoms with E-state index in [-0.39, 0.29) is 13.2 Å². The van der Waals surface area contributed by atoms with Crippen LogP contribution in [0.1, 0.15) is 65.2 Å². The predicted molar refractivity (Wildman–Crippen MR) is 83.6 cm³/mol. The summed E-state index contributed by atoms with van der Waals surface area (Å²) in [7, 11) is -4.21. The second kappa shape index (κ2) is 15.1. The summed E-state index contributed by atoms with van der Waals surface area (Å²) >= 11 is 0. The molecule has 0 amide bonds. The number of hydrogen-bond donors (Lipinski definition) is 1. The first-order valence-corrected chi connectivity index (χ1v) is 9.59. The van der Waals surface area contributed by atoms with Crippen molar-refractivity contribution in [2.24, 2.45) is 0 Å². The first-order chi connectivity index (χ1) is 11.0. The summed E-state index contributed by atoms with van der Waals surface area (Å²) in [5, 5.41) is 8.58. The van der Waals surface area contributed by atoms with Crippen LogP contribution in [0, 0.1) is 0 Å². The molecular weight excluding hydrogens is 327 g/mol. The molecule has 0 rings (SSSR count). The van der Waals surface area contributed by atoms with Crippen LogP contribution in [0.5, 0.6) is 0 Å². The van der Waals surface area contributed by atoms with Crippen molar-refractivity contribution in [3.05, 3.63) is 0 Å². The molecule has 0 aliphatic heterocycles. The predicted octanol–water partition coefficient (Wildman–Crippen LogP) is 4.25. The molecule has 0 aliphatic carbocycles. The van der Waals surface area contributed by atoms with Gasteiger partial charge in [0.25, 0.3) is 0 Å². The second-order valence-corrected chi connectivity index (χ2v) is 6.48. The lowest BCUT2D eigenvalue weighted by atomic mass is 10.2. The molecule has 0 atom stereocenters. The van der Waals surface area contributed by atoms with Crippen LogP contribution in [-0.4, -0.2) is 30.9 Å². The fourth-order valence-corrected chi connectivity index (χ4v) is 2.36. The maximum Gasteiger partial charge on any atom is 0.529 e. The van der Waals surface area contributed by atoms with Gasteiger partial charge < -0.3 is 5.11 Å². The van der Waals surface area contributed by atoms with E-state index >= 15 is 0 Å². The molecule has 23 heavy (non-hydrogen) atoms. The Labute approximate surface area is 137 Å². The molecule has 0 saturated carbocycles. The molecule has 1 N–H and O–H groups in total. The van der Waals surface area contributed by atoms with Crippen molar-refractivity contribution in [2.45, 2.75) is 65.2 Å². The van der Waals surface area contributed by atoms with E-state index in [0.29, 0.717) is 0 Å². The van der Waals surface area contributed by atoms with Crippen molar-refractivity contribution in [1.82, 2.24) is 0 Å². The van der Waals surface area contributed by atoms with Gasteiger partial charge in [0.15, 0.2) is 6.61 Å². The summed E-state index contributed by atoms with van der Waals surface area (Å²) in [6, 6.07) is 0. The van der Waals surface area contributed by atoms with Crippen molar-refractivity contribution in [1.29, 1.82) is 0 Å². The number of hydrogen-bond acceptors (Lipinski definition) is 7. The summed E-state index contributed by atoms with van der Waals surface area (Å²) in [5.41, 5.74) is 0. The third kappa shape index (κ3) is 14.8.